The molecule has 1 aliphatic rings. The molecule has 168 valence electrons. The van der Waals surface area contributed by atoms with Gasteiger partial charge in [0.05, 0.1) is 26.2 Å². The lowest BCUT2D eigenvalue weighted by atomic mass is 9.91. The number of nitrogens with one attached hydrogen (secondary N) is 1. The first-order valence-corrected chi connectivity index (χ1v) is 10.7. The molecule has 0 amide bonds. The molecule has 0 saturated carbocycles. The monoisotopic (exact) mass is 430 g/mol. The number of morpholine rings is 1. The van der Waals surface area contributed by atoms with Crippen LogP contribution >= 0.6 is 0 Å². The molecule has 1 saturated heterocycles. The van der Waals surface area contributed by atoms with Crippen LogP contribution in [0, 0.1) is 5.82 Å². The molecule has 0 aliphatic carbocycles. The molecule has 2 N–H and O–H groups in total. The van der Waals surface area contributed by atoms with Crippen LogP contribution in [0.3, 0.4) is 0 Å². The first-order valence-electron chi connectivity index (χ1n) is 10.7. The summed E-state index contributed by atoms with van der Waals surface area (Å²) in [4.78, 5) is 13.8. The summed E-state index contributed by atoms with van der Waals surface area (Å²) in [7, 11) is 1.58. The Hall–Kier alpha value is -2.48. The number of rotatable bonds is 10. The minimum Gasteiger partial charge on any atom is -0.481 e. The molecule has 6 nitrogen and oxygen atoms in total. The summed E-state index contributed by atoms with van der Waals surface area (Å²) in [6.07, 6.45) is 0.915. The number of nitrogens with zero attached hydrogens (tertiary/aromatic N) is 1. The highest BCUT2D eigenvalue weighted by Gasteiger charge is 2.25. The molecule has 7 heteroatoms. The Balaban J connectivity index is 1.99. The first-order chi connectivity index (χ1) is 15.0. The van der Waals surface area contributed by atoms with E-state index in [0.29, 0.717) is 19.8 Å². The number of halogens is 1. The number of anilines is 2. The molecular formula is C24H31FN2O4. The van der Waals surface area contributed by atoms with Gasteiger partial charge < -0.3 is 19.9 Å². The van der Waals surface area contributed by atoms with Crippen LogP contribution in [0.15, 0.2) is 42.5 Å². The van der Waals surface area contributed by atoms with Crippen molar-refractivity contribution in [2.24, 2.45) is 0 Å². The van der Waals surface area contributed by atoms with E-state index in [2.05, 4.69) is 23.2 Å². The Morgan fingerprint density at radius 3 is 2.55 bits per heavy atom. The van der Waals surface area contributed by atoms with Crippen LogP contribution in [0.4, 0.5) is 15.8 Å². The molecule has 0 bridgehead atoms. The lowest BCUT2D eigenvalue weighted by Gasteiger charge is -2.35. The maximum Gasteiger partial charge on any atom is 0.304 e. The Morgan fingerprint density at radius 2 is 1.94 bits per heavy atom. The highest BCUT2D eigenvalue weighted by atomic mass is 19.1. The molecular weight excluding hydrogens is 399 g/mol. The van der Waals surface area contributed by atoms with E-state index in [-0.39, 0.29) is 24.2 Å². The van der Waals surface area contributed by atoms with Gasteiger partial charge in [-0.25, -0.2) is 4.39 Å². The smallest absolute Gasteiger partial charge is 0.304 e. The van der Waals surface area contributed by atoms with Crippen molar-refractivity contribution in [1.29, 1.82) is 0 Å². The summed E-state index contributed by atoms with van der Waals surface area (Å²) < 4.78 is 24.2. The Morgan fingerprint density at radius 1 is 1.23 bits per heavy atom. The number of carboxylic acids is 1. The number of carbonyl (C=O) groups is 1. The molecule has 2 atom stereocenters. The molecule has 1 fully saturated rings. The maximum atomic E-state index is 13.4. The minimum atomic E-state index is -0.862. The third-order valence-corrected chi connectivity index (χ3v) is 5.69. The second-order valence-electron chi connectivity index (χ2n) is 7.80. The summed E-state index contributed by atoms with van der Waals surface area (Å²) in [5, 5.41) is 12.8. The van der Waals surface area contributed by atoms with Gasteiger partial charge in [0.2, 0.25) is 0 Å². The lowest BCUT2D eigenvalue weighted by Crippen LogP contribution is -2.39. The van der Waals surface area contributed by atoms with Crippen LogP contribution in [-0.4, -0.2) is 56.0 Å². The van der Waals surface area contributed by atoms with E-state index in [1.165, 1.54) is 12.1 Å². The summed E-state index contributed by atoms with van der Waals surface area (Å²) in [5.41, 5.74) is 3.70. The maximum absolute atomic E-state index is 13.4. The molecule has 31 heavy (non-hydrogen) atoms. The standard InChI is InChI=1S/C24H31FN2O4/c1-3-23(27-10-12-31-13-11-27)21-9-4-17(18(16-30-2)15-24(28)29)14-22(21)26-20-7-5-19(25)6-8-20/h4-9,14,18,23,26H,3,10-13,15-16H2,1-2H3,(H,28,29)/t18?,23-/m1/s1. The zero-order valence-electron chi connectivity index (χ0n) is 18.1. The van der Waals surface area contributed by atoms with Crippen LogP contribution in [0.1, 0.15) is 42.9 Å². The Bertz CT molecular complexity index is 853. The number of hydrogen-bond acceptors (Lipinski definition) is 5. The van der Waals surface area contributed by atoms with Gasteiger partial charge in [-0.1, -0.05) is 19.1 Å². The van der Waals surface area contributed by atoms with E-state index in [1.54, 1.807) is 19.2 Å². The van der Waals surface area contributed by atoms with Gasteiger partial charge in [-0.2, -0.15) is 0 Å². The molecule has 0 spiro atoms. The zero-order chi connectivity index (χ0) is 22.2. The minimum absolute atomic E-state index is 0.0101. The van der Waals surface area contributed by atoms with Crippen molar-refractivity contribution in [1.82, 2.24) is 4.90 Å². The van der Waals surface area contributed by atoms with E-state index < -0.39 is 5.97 Å². The molecule has 2 aromatic carbocycles. The normalized spacial score (nSPS) is 16.6. The quantitative estimate of drug-likeness (QED) is 0.576. The van der Waals surface area contributed by atoms with Gasteiger partial charge in [0, 0.05) is 43.5 Å². The van der Waals surface area contributed by atoms with Crippen molar-refractivity contribution in [3.05, 3.63) is 59.4 Å². The van der Waals surface area contributed by atoms with Gasteiger partial charge >= 0.3 is 5.97 Å². The summed E-state index contributed by atoms with van der Waals surface area (Å²) in [5.74, 6) is -1.41. The highest BCUT2D eigenvalue weighted by Crippen LogP contribution is 2.35. The van der Waals surface area contributed by atoms with Gasteiger partial charge in [-0.05, 0) is 47.9 Å². The fourth-order valence-electron chi connectivity index (χ4n) is 4.16. The second-order valence-corrected chi connectivity index (χ2v) is 7.80. The fourth-order valence-corrected chi connectivity index (χ4v) is 4.16. The van der Waals surface area contributed by atoms with Crippen LogP contribution < -0.4 is 5.32 Å². The van der Waals surface area contributed by atoms with Crippen LogP contribution in [-0.2, 0) is 14.3 Å². The van der Waals surface area contributed by atoms with Crippen LogP contribution in [0.5, 0.6) is 0 Å². The van der Waals surface area contributed by atoms with Gasteiger partial charge in [-0.3, -0.25) is 9.69 Å². The van der Waals surface area contributed by atoms with Crippen molar-refractivity contribution in [3.63, 3.8) is 0 Å². The van der Waals surface area contributed by atoms with Crippen LogP contribution in [0.25, 0.3) is 0 Å². The molecule has 0 aromatic heterocycles. The van der Waals surface area contributed by atoms with Crippen LogP contribution in [0.2, 0.25) is 0 Å². The average Bonchev–Trinajstić information content (AvgIpc) is 2.77. The predicted octanol–water partition coefficient (Wildman–Crippen LogP) is 4.56. The van der Waals surface area contributed by atoms with Gasteiger partial charge in [-0.15, -0.1) is 0 Å². The third-order valence-electron chi connectivity index (χ3n) is 5.69. The third kappa shape index (κ3) is 6.26. The van der Waals surface area contributed by atoms with Gasteiger partial charge in [0.15, 0.2) is 0 Å². The van der Waals surface area contributed by atoms with Crippen molar-refractivity contribution in [2.45, 2.75) is 31.7 Å². The lowest BCUT2D eigenvalue weighted by molar-refractivity contribution is -0.137. The summed E-state index contributed by atoms with van der Waals surface area (Å²) in [6.45, 7) is 5.63. The topological polar surface area (TPSA) is 71.0 Å². The van der Waals surface area contributed by atoms with E-state index in [4.69, 9.17) is 9.47 Å². The van der Waals surface area contributed by atoms with Crippen molar-refractivity contribution >= 4 is 17.3 Å². The number of carboxylic acid groups (broad SMARTS) is 1. The first kappa shape index (κ1) is 23.2. The van der Waals surface area contributed by atoms with Crippen molar-refractivity contribution in [2.75, 3.05) is 45.3 Å². The number of hydrogen-bond donors (Lipinski definition) is 2. The van der Waals surface area contributed by atoms with Crippen molar-refractivity contribution < 1.29 is 23.8 Å². The van der Waals surface area contributed by atoms with E-state index >= 15 is 0 Å². The SMILES string of the molecule is CC[C@H](c1ccc(C(COC)CC(=O)O)cc1Nc1ccc(F)cc1)N1CCOCC1. The summed E-state index contributed by atoms with van der Waals surface area (Å²) >= 11 is 0. The average molecular weight is 431 g/mol. The summed E-state index contributed by atoms with van der Waals surface area (Å²) in [6, 6.07) is 12.5. The number of ether oxygens (including phenoxy) is 2. The highest BCUT2D eigenvalue weighted by molar-refractivity contribution is 5.69. The van der Waals surface area contributed by atoms with Crippen molar-refractivity contribution in [3.8, 4) is 0 Å². The number of aliphatic carboxylic acids is 1. The largest absolute Gasteiger partial charge is 0.481 e. The van der Waals surface area contributed by atoms with Gasteiger partial charge in [0.25, 0.3) is 0 Å². The fraction of sp³-hybridized carbons (Fsp3) is 0.458. The molecule has 2 aromatic rings. The molecule has 1 heterocycles. The molecule has 1 unspecified atom stereocenters. The second kappa shape index (κ2) is 11.2. The molecule has 1 aliphatic heterocycles. The number of benzene rings is 2. The Kier molecular flexibility index (Phi) is 8.40. The zero-order valence-corrected chi connectivity index (χ0v) is 18.1. The van der Waals surface area contributed by atoms with E-state index in [1.807, 2.05) is 12.1 Å². The molecule has 3 rings (SSSR count). The molecule has 0 radical (unpaired) electrons. The van der Waals surface area contributed by atoms with Gasteiger partial charge in [0.1, 0.15) is 5.82 Å². The predicted molar refractivity (Wildman–Crippen MR) is 118 cm³/mol. The Labute approximate surface area is 183 Å². The van der Waals surface area contributed by atoms with E-state index in [9.17, 15) is 14.3 Å². The van der Waals surface area contributed by atoms with E-state index in [0.717, 1.165) is 42.0 Å². The number of methoxy groups -OCH3 is 1.